The molecule has 8 heteroatoms. The number of carbonyl (C=O) groups excluding carboxylic acids is 1. The van der Waals surface area contributed by atoms with Crippen LogP contribution in [0.15, 0.2) is 10.9 Å². The van der Waals surface area contributed by atoms with Crippen LogP contribution in [0.5, 0.6) is 5.75 Å². The lowest BCUT2D eigenvalue weighted by Gasteiger charge is -2.26. The van der Waals surface area contributed by atoms with Crippen molar-refractivity contribution in [3.8, 4) is 5.75 Å². The lowest BCUT2D eigenvalue weighted by molar-refractivity contribution is 0.0947. The average Bonchev–Trinajstić information content (AvgIpc) is 3.04. The van der Waals surface area contributed by atoms with E-state index in [0.29, 0.717) is 22.7 Å². The highest BCUT2D eigenvalue weighted by Crippen LogP contribution is 2.34. The molecule has 150 valence electrons. The van der Waals surface area contributed by atoms with E-state index in [1.165, 1.54) is 30.6 Å². The standard InChI is InChI=1S/C19H27N3O3S.ClH/c1-12(2)14-11-13-16(23)15(18(25)21-19(13)26-14)17(24)20-7-6-10-22-8-4-3-5-9-22;/h11-12H,3-10H2,1-2H3,(H,20,24)(H2,21,23,25);1H. The molecule has 6 nitrogen and oxygen atoms in total. The largest absolute Gasteiger partial charge is 0.506 e. The predicted molar refractivity (Wildman–Crippen MR) is 113 cm³/mol. The van der Waals surface area contributed by atoms with Gasteiger partial charge in [-0.05, 0) is 50.9 Å². The Morgan fingerprint density at radius 1 is 1.33 bits per heavy atom. The molecule has 0 saturated carbocycles. The van der Waals surface area contributed by atoms with Crippen molar-refractivity contribution < 1.29 is 9.90 Å². The van der Waals surface area contributed by atoms with Crippen LogP contribution in [-0.4, -0.2) is 47.1 Å². The summed E-state index contributed by atoms with van der Waals surface area (Å²) in [6, 6.07) is 1.85. The number of nitrogens with zero attached hydrogens (tertiary/aromatic N) is 1. The van der Waals surface area contributed by atoms with Crippen LogP contribution >= 0.6 is 23.7 Å². The van der Waals surface area contributed by atoms with Gasteiger partial charge in [-0.2, -0.15) is 0 Å². The van der Waals surface area contributed by atoms with Crippen molar-refractivity contribution in [2.75, 3.05) is 26.2 Å². The minimum Gasteiger partial charge on any atom is -0.506 e. The van der Waals surface area contributed by atoms with E-state index in [9.17, 15) is 14.7 Å². The first-order valence-corrected chi connectivity index (χ1v) is 10.2. The van der Waals surface area contributed by atoms with Gasteiger partial charge in [0.05, 0.1) is 5.39 Å². The number of piperidine rings is 1. The number of aromatic amines is 1. The van der Waals surface area contributed by atoms with Crippen molar-refractivity contribution in [2.24, 2.45) is 0 Å². The second kappa shape index (κ2) is 9.57. The first-order chi connectivity index (χ1) is 12.5. The van der Waals surface area contributed by atoms with Gasteiger partial charge in [0.1, 0.15) is 16.1 Å². The van der Waals surface area contributed by atoms with Crippen LogP contribution in [0.3, 0.4) is 0 Å². The molecular weight excluding hydrogens is 386 g/mol. The molecule has 1 amide bonds. The highest BCUT2D eigenvalue weighted by molar-refractivity contribution is 7.18. The molecule has 0 unspecified atom stereocenters. The maximum absolute atomic E-state index is 12.4. The van der Waals surface area contributed by atoms with E-state index in [1.807, 2.05) is 6.07 Å². The summed E-state index contributed by atoms with van der Waals surface area (Å²) in [6.45, 7) is 7.80. The van der Waals surface area contributed by atoms with Crippen LogP contribution < -0.4 is 10.9 Å². The molecule has 1 fully saturated rings. The fourth-order valence-electron chi connectivity index (χ4n) is 3.36. The van der Waals surface area contributed by atoms with E-state index in [0.717, 1.165) is 30.9 Å². The molecule has 3 N–H and O–H groups in total. The Bertz CT molecular complexity index is 841. The van der Waals surface area contributed by atoms with Crippen LogP contribution in [0.2, 0.25) is 0 Å². The second-order valence-corrected chi connectivity index (χ2v) is 8.32. The summed E-state index contributed by atoms with van der Waals surface area (Å²) in [5, 5.41) is 13.8. The van der Waals surface area contributed by atoms with E-state index in [1.54, 1.807) is 0 Å². The Hall–Kier alpha value is -1.57. The molecule has 2 aromatic heterocycles. The molecule has 2 aromatic rings. The van der Waals surface area contributed by atoms with Crippen molar-refractivity contribution in [3.63, 3.8) is 0 Å². The number of pyridine rings is 1. The van der Waals surface area contributed by atoms with Crippen molar-refractivity contribution in [1.82, 2.24) is 15.2 Å². The SMILES string of the molecule is CC(C)c1cc2c(O)c(C(=O)NCCCN3CCCCC3)c(=O)[nH]c2s1.Cl. The van der Waals surface area contributed by atoms with Gasteiger partial charge in [0.2, 0.25) is 0 Å². The van der Waals surface area contributed by atoms with E-state index in [2.05, 4.69) is 29.0 Å². The smallest absolute Gasteiger partial charge is 0.265 e. The van der Waals surface area contributed by atoms with Crippen molar-refractivity contribution in [1.29, 1.82) is 0 Å². The number of thiophene rings is 1. The lowest BCUT2D eigenvalue weighted by atomic mass is 10.1. The normalized spacial score (nSPS) is 15.1. The van der Waals surface area contributed by atoms with Crippen LogP contribution in [-0.2, 0) is 0 Å². The molecular formula is C19H28ClN3O3S. The molecule has 3 heterocycles. The Kier molecular flexibility index (Phi) is 7.70. The molecule has 0 bridgehead atoms. The lowest BCUT2D eigenvalue weighted by Crippen LogP contribution is -2.34. The summed E-state index contributed by atoms with van der Waals surface area (Å²) >= 11 is 1.44. The number of nitrogens with one attached hydrogen (secondary N) is 2. The van der Waals surface area contributed by atoms with Gasteiger partial charge in [0.25, 0.3) is 11.5 Å². The molecule has 0 radical (unpaired) electrons. The van der Waals surface area contributed by atoms with Crippen molar-refractivity contribution in [2.45, 2.75) is 45.4 Å². The number of aromatic nitrogens is 1. The fourth-order valence-corrected chi connectivity index (χ4v) is 4.42. The zero-order valence-electron chi connectivity index (χ0n) is 15.8. The van der Waals surface area contributed by atoms with Gasteiger partial charge in [0.15, 0.2) is 0 Å². The van der Waals surface area contributed by atoms with Gasteiger partial charge in [0, 0.05) is 11.4 Å². The van der Waals surface area contributed by atoms with E-state index >= 15 is 0 Å². The van der Waals surface area contributed by atoms with Crippen molar-refractivity contribution in [3.05, 3.63) is 26.9 Å². The molecule has 0 atom stereocenters. The van der Waals surface area contributed by atoms with Gasteiger partial charge in [-0.15, -0.1) is 23.7 Å². The number of H-pyrrole nitrogens is 1. The molecule has 1 aliphatic heterocycles. The summed E-state index contributed by atoms with van der Waals surface area (Å²) in [5.41, 5.74) is -0.732. The average molecular weight is 414 g/mol. The Labute approximate surface area is 169 Å². The number of aromatic hydroxyl groups is 1. The molecule has 27 heavy (non-hydrogen) atoms. The summed E-state index contributed by atoms with van der Waals surface area (Å²) in [4.78, 5) is 31.5. The van der Waals surface area contributed by atoms with Crippen LogP contribution in [0, 0.1) is 0 Å². The molecule has 0 aromatic carbocycles. The van der Waals surface area contributed by atoms with Crippen LogP contribution in [0.4, 0.5) is 0 Å². The van der Waals surface area contributed by atoms with Gasteiger partial charge >= 0.3 is 0 Å². The third-order valence-electron chi connectivity index (χ3n) is 4.88. The quantitative estimate of drug-likeness (QED) is 0.633. The maximum Gasteiger partial charge on any atom is 0.265 e. The predicted octanol–water partition coefficient (Wildman–Crippen LogP) is 3.45. The topological polar surface area (TPSA) is 85.4 Å². The summed E-state index contributed by atoms with van der Waals surface area (Å²) < 4.78 is 0. The molecule has 1 aliphatic rings. The van der Waals surface area contributed by atoms with E-state index in [-0.39, 0.29) is 23.7 Å². The van der Waals surface area contributed by atoms with E-state index in [4.69, 9.17) is 0 Å². The number of hydrogen-bond donors (Lipinski definition) is 3. The molecule has 0 aliphatic carbocycles. The van der Waals surface area contributed by atoms with Gasteiger partial charge in [-0.3, -0.25) is 9.59 Å². The fraction of sp³-hybridized carbons (Fsp3) is 0.579. The number of fused-ring (bicyclic) bond motifs is 1. The number of amides is 1. The third-order valence-corrected chi connectivity index (χ3v) is 6.23. The highest BCUT2D eigenvalue weighted by atomic mass is 35.5. The zero-order chi connectivity index (χ0) is 18.7. The maximum atomic E-state index is 12.4. The van der Waals surface area contributed by atoms with Crippen LogP contribution in [0.25, 0.3) is 10.2 Å². The van der Waals surface area contributed by atoms with Gasteiger partial charge in [-0.1, -0.05) is 20.3 Å². The summed E-state index contributed by atoms with van der Waals surface area (Å²) in [5.74, 6) is -0.440. The number of carbonyl (C=O) groups is 1. The van der Waals surface area contributed by atoms with Crippen LogP contribution in [0.1, 0.15) is 60.7 Å². The Morgan fingerprint density at radius 2 is 2.04 bits per heavy atom. The zero-order valence-corrected chi connectivity index (χ0v) is 17.5. The first-order valence-electron chi connectivity index (χ1n) is 9.36. The summed E-state index contributed by atoms with van der Waals surface area (Å²) in [6.07, 6.45) is 4.63. The van der Waals surface area contributed by atoms with Crippen molar-refractivity contribution >= 4 is 39.9 Å². The molecule has 0 spiro atoms. The minimum atomic E-state index is -0.541. The molecule has 3 rings (SSSR count). The number of halogens is 1. The number of hydrogen-bond acceptors (Lipinski definition) is 5. The third kappa shape index (κ3) is 5.03. The second-order valence-electron chi connectivity index (χ2n) is 7.24. The monoisotopic (exact) mass is 413 g/mol. The Balaban J connectivity index is 0.00000261. The highest BCUT2D eigenvalue weighted by Gasteiger charge is 2.21. The van der Waals surface area contributed by atoms with Gasteiger partial charge in [-0.25, -0.2) is 0 Å². The Morgan fingerprint density at radius 3 is 2.70 bits per heavy atom. The first kappa shape index (κ1) is 21.7. The summed E-state index contributed by atoms with van der Waals surface area (Å²) in [7, 11) is 0. The van der Waals surface area contributed by atoms with Gasteiger partial charge < -0.3 is 20.3 Å². The molecule has 1 saturated heterocycles. The number of likely N-dealkylation sites (tertiary alicyclic amines) is 1. The minimum absolute atomic E-state index is 0. The number of rotatable bonds is 6. The van der Waals surface area contributed by atoms with E-state index < -0.39 is 11.5 Å².